The van der Waals surface area contributed by atoms with E-state index in [1.54, 1.807) is 0 Å². The molecule has 2 aliphatic rings. The number of nitrogens with zero attached hydrogens (tertiary/aromatic N) is 2. The van der Waals surface area contributed by atoms with Crippen LogP contribution >= 0.6 is 0 Å². The highest BCUT2D eigenvalue weighted by atomic mass is 15.2. The fourth-order valence-corrected chi connectivity index (χ4v) is 4.03. The van der Waals surface area contributed by atoms with Gasteiger partial charge in [-0.05, 0) is 31.1 Å². The highest BCUT2D eigenvalue weighted by Crippen LogP contribution is 2.33. The molecule has 1 aromatic rings. The topological polar surface area (TPSA) is 29.9 Å². The Hall–Kier alpha value is -0.990. The van der Waals surface area contributed by atoms with Crippen LogP contribution in [0.15, 0.2) is 12.4 Å². The first-order valence-corrected chi connectivity index (χ1v) is 8.55. The second-order valence-corrected chi connectivity index (χ2v) is 6.97. The summed E-state index contributed by atoms with van der Waals surface area (Å²) in [6, 6.07) is 1.27. The van der Waals surface area contributed by atoms with Crippen LogP contribution in [0.1, 0.15) is 71.3 Å². The zero-order chi connectivity index (χ0) is 13.9. The van der Waals surface area contributed by atoms with E-state index >= 15 is 0 Å². The molecule has 3 unspecified atom stereocenters. The number of aromatic nitrogens is 2. The van der Waals surface area contributed by atoms with Gasteiger partial charge in [-0.2, -0.15) is 0 Å². The third-order valence-corrected chi connectivity index (χ3v) is 5.66. The minimum Gasteiger partial charge on any atom is -0.353 e. The molecule has 0 spiro atoms. The Morgan fingerprint density at radius 3 is 2.65 bits per heavy atom. The van der Waals surface area contributed by atoms with Gasteiger partial charge in [-0.15, -0.1) is 0 Å². The molecule has 2 fully saturated rings. The Labute approximate surface area is 123 Å². The van der Waals surface area contributed by atoms with Crippen LogP contribution in [0.5, 0.6) is 0 Å². The maximum atomic E-state index is 4.60. The molecule has 1 heterocycles. The summed E-state index contributed by atoms with van der Waals surface area (Å²) in [5, 5.41) is 3.76. The number of nitrogens with one attached hydrogen (secondary N) is 1. The first-order chi connectivity index (χ1) is 9.75. The minimum atomic E-state index is 0.600. The monoisotopic (exact) mass is 275 g/mol. The summed E-state index contributed by atoms with van der Waals surface area (Å²) in [4.78, 5) is 4.60. The Morgan fingerprint density at radius 1 is 1.05 bits per heavy atom. The van der Waals surface area contributed by atoms with E-state index in [1.165, 1.54) is 51.4 Å². The smallest absolute Gasteiger partial charge is 0.203 e. The first kappa shape index (κ1) is 14.0. The standard InChI is InChI=1S/C17H29N3/c1-13-7-6-10-16(14(13)2)19-17-18-11-12-20(17)15-8-4-3-5-9-15/h11-16H,3-10H2,1-2H3,(H,18,19). The third kappa shape index (κ3) is 2.87. The Kier molecular flexibility index (Phi) is 4.32. The van der Waals surface area contributed by atoms with E-state index in [-0.39, 0.29) is 0 Å². The predicted molar refractivity (Wildman–Crippen MR) is 83.9 cm³/mol. The lowest BCUT2D eigenvalue weighted by Crippen LogP contribution is -2.36. The van der Waals surface area contributed by atoms with E-state index in [1.807, 2.05) is 6.20 Å². The lowest BCUT2D eigenvalue weighted by Gasteiger charge is -2.35. The number of imidazole rings is 1. The molecule has 0 aliphatic heterocycles. The van der Waals surface area contributed by atoms with E-state index in [0.717, 1.165) is 17.8 Å². The summed E-state index contributed by atoms with van der Waals surface area (Å²) in [6.07, 6.45) is 15.0. The molecule has 0 saturated heterocycles. The molecule has 0 bridgehead atoms. The molecule has 20 heavy (non-hydrogen) atoms. The number of hydrogen-bond donors (Lipinski definition) is 1. The Bertz CT molecular complexity index is 420. The Balaban J connectivity index is 1.69. The molecule has 1 aromatic heterocycles. The summed E-state index contributed by atoms with van der Waals surface area (Å²) < 4.78 is 2.41. The molecule has 0 amide bonds. The second kappa shape index (κ2) is 6.19. The van der Waals surface area contributed by atoms with Crippen molar-refractivity contribution in [3.05, 3.63) is 12.4 Å². The van der Waals surface area contributed by atoms with Gasteiger partial charge in [0.05, 0.1) is 0 Å². The van der Waals surface area contributed by atoms with E-state index in [4.69, 9.17) is 0 Å². The van der Waals surface area contributed by atoms with Crippen LogP contribution in [0.3, 0.4) is 0 Å². The number of rotatable bonds is 3. The van der Waals surface area contributed by atoms with Crippen LogP contribution in [-0.2, 0) is 0 Å². The van der Waals surface area contributed by atoms with Crippen molar-refractivity contribution in [2.24, 2.45) is 11.8 Å². The fourth-order valence-electron chi connectivity index (χ4n) is 4.03. The maximum Gasteiger partial charge on any atom is 0.203 e. The van der Waals surface area contributed by atoms with E-state index < -0.39 is 0 Å². The lowest BCUT2D eigenvalue weighted by atomic mass is 9.78. The van der Waals surface area contributed by atoms with Crippen molar-refractivity contribution >= 4 is 5.95 Å². The normalized spacial score (nSPS) is 32.2. The van der Waals surface area contributed by atoms with Crippen LogP contribution in [0.25, 0.3) is 0 Å². The molecule has 3 atom stereocenters. The molecule has 3 rings (SSSR count). The van der Waals surface area contributed by atoms with E-state index in [0.29, 0.717) is 12.1 Å². The van der Waals surface area contributed by atoms with Crippen LogP contribution in [-0.4, -0.2) is 15.6 Å². The van der Waals surface area contributed by atoms with Crippen LogP contribution < -0.4 is 5.32 Å². The molecule has 112 valence electrons. The molecule has 0 radical (unpaired) electrons. The van der Waals surface area contributed by atoms with E-state index in [9.17, 15) is 0 Å². The minimum absolute atomic E-state index is 0.600. The highest BCUT2D eigenvalue weighted by Gasteiger charge is 2.28. The van der Waals surface area contributed by atoms with Gasteiger partial charge in [0.15, 0.2) is 0 Å². The van der Waals surface area contributed by atoms with Crippen molar-refractivity contribution in [1.82, 2.24) is 9.55 Å². The largest absolute Gasteiger partial charge is 0.353 e. The van der Waals surface area contributed by atoms with Crippen molar-refractivity contribution in [2.75, 3.05) is 5.32 Å². The van der Waals surface area contributed by atoms with Gasteiger partial charge in [-0.1, -0.05) is 46.0 Å². The van der Waals surface area contributed by atoms with Crippen molar-refractivity contribution in [2.45, 2.75) is 77.3 Å². The SMILES string of the molecule is CC1CCCC(Nc2nccn2C2CCCCC2)C1C. The summed E-state index contributed by atoms with van der Waals surface area (Å²) in [6.45, 7) is 4.79. The van der Waals surface area contributed by atoms with Gasteiger partial charge >= 0.3 is 0 Å². The van der Waals surface area contributed by atoms with Gasteiger partial charge in [0, 0.05) is 24.5 Å². The average molecular weight is 275 g/mol. The average Bonchev–Trinajstić information content (AvgIpc) is 2.93. The van der Waals surface area contributed by atoms with Gasteiger partial charge < -0.3 is 9.88 Å². The number of hydrogen-bond acceptors (Lipinski definition) is 2. The first-order valence-electron chi connectivity index (χ1n) is 8.55. The summed E-state index contributed by atoms with van der Waals surface area (Å²) in [5.74, 6) is 2.70. The molecule has 2 aliphatic carbocycles. The highest BCUT2D eigenvalue weighted by molar-refractivity contribution is 5.29. The van der Waals surface area contributed by atoms with Crippen molar-refractivity contribution in [3.8, 4) is 0 Å². The van der Waals surface area contributed by atoms with Crippen LogP contribution in [0.2, 0.25) is 0 Å². The molecule has 2 saturated carbocycles. The summed E-state index contributed by atoms with van der Waals surface area (Å²) >= 11 is 0. The van der Waals surface area contributed by atoms with Gasteiger partial charge in [0.2, 0.25) is 5.95 Å². The number of anilines is 1. The fraction of sp³-hybridized carbons (Fsp3) is 0.824. The van der Waals surface area contributed by atoms with Crippen LogP contribution in [0, 0.1) is 11.8 Å². The molecular weight excluding hydrogens is 246 g/mol. The lowest BCUT2D eigenvalue weighted by molar-refractivity contribution is 0.251. The van der Waals surface area contributed by atoms with Gasteiger partial charge in [-0.25, -0.2) is 4.98 Å². The summed E-state index contributed by atoms with van der Waals surface area (Å²) in [5.41, 5.74) is 0. The van der Waals surface area contributed by atoms with Gasteiger partial charge in [-0.3, -0.25) is 0 Å². The van der Waals surface area contributed by atoms with Crippen molar-refractivity contribution < 1.29 is 0 Å². The molecular formula is C17H29N3. The maximum absolute atomic E-state index is 4.60. The molecule has 1 N–H and O–H groups in total. The molecule has 3 heteroatoms. The quantitative estimate of drug-likeness (QED) is 0.872. The predicted octanol–water partition coefficient (Wildman–Crippen LogP) is 4.62. The summed E-state index contributed by atoms with van der Waals surface area (Å²) in [7, 11) is 0. The third-order valence-electron chi connectivity index (χ3n) is 5.66. The van der Waals surface area contributed by atoms with E-state index in [2.05, 4.69) is 34.9 Å². The van der Waals surface area contributed by atoms with Crippen molar-refractivity contribution in [3.63, 3.8) is 0 Å². The van der Waals surface area contributed by atoms with Gasteiger partial charge in [0.1, 0.15) is 0 Å². The molecule has 0 aromatic carbocycles. The van der Waals surface area contributed by atoms with Gasteiger partial charge in [0.25, 0.3) is 0 Å². The zero-order valence-corrected chi connectivity index (χ0v) is 13.0. The molecule has 3 nitrogen and oxygen atoms in total. The zero-order valence-electron chi connectivity index (χ0n) is 13.0. The second-order valence-electron chi connectivity index (χ2n) is 6.97. The van der Waals surface area contributed by atoms with Crippen molar-refractivity contribution in [1.29, 1.82) is 0 Å². The van der Waals surface area contributed by atoms with Crippen LogP contribution in [0.4, 0.5) is 5.95 Å². The Morgan fingerprint density at radius 2 is 1.85 bits per heavy atom.